The lowest BCUT2D eigenvalue weighted by Gasteiger charge is -2.25. The quantitative estimate of drug-likeness (QED) is 0.407. The molecule has 0 radical (unpaired) electrons. The van der Waals surface area contributed by atoms with Gasteiger partial charge in [-0.05, 0) is 47.8 Å². The van der Waals surface area contributed by atoms with E-state index in [1.54, 1.807) is 6.08 Å². The van der Waals surface area contributed by atoms with Gasteiger partial charge in [0.15, 0.2) is 5.78 Å². The number of ether oxygens (including phenoxy) is 1. The summed E-state index contributed by atoms with van der Waals surface area (Å²) in [5.41, 5.74) is 2.79. The number of hydrogen-bond acceptors (Lipinski definition) is 3. The Balaban J connectivity index is 2.23. The largest absolute Gasteiger partial charge is 0.466 e. The Kier molecular flexibility index (Phi) is 7.16. The van der Waals surface area contributed by atoms with Crippen molar-refractivity contribution in [3.63, 3.8) is 0 Å². The Morgan fingerprint density at radius 3 is 2.58 bits per heavy atom. The van der Waals surface area contributed by atoms with Crippen LogP contribution in [0.2, 0.25) is 5.02 Å². The van der Waals surface area contributed by atoms with Crippen LogP contribution in [0, 0.1) is 11.8 Å². The van der Waals surface area contributed by atoms with Gasteiger partial charge in [-0.2, -0.15) is 0 Å². The minimum Gasteiger partial charge on any atom is -0.466 e. The molecule has 3 nitrogen and oxygen atoms in total. The number of ketones is 1. The number of hydrogen-bond donors (Lipinski definition) is 0. The summed E-state index contributed by atoms with van der Waals surface area (Å²) in [7, 11) is 1.35. The molecule has 0 fully saturated rings. The number of allylic oxidation sites excluding steroid dienone is 6. The Bertz CT molecular complexity index is 782. The van der Waals surface area contributed by atoms with Gasteiger partial charge in [-0.25, -0.2) is 4.79 Å². The lowest BCUT2D eigenvalue weighted by molar-refractivity contribution is -0.134. The van der Waals surface area contributed by atoms with Crippen molar-refractivity contribution in [2.24, 2.45) is 11.8 Å². The minimum absolute atomic E-state index is 0.109. The maximum atomic E-state index is 12.0. The number of methoxy groups -OCH3 is 1. The smallest absolute Gasteiger partial charge is 0.330 e. The molecule has 136 valence electrons. The van der Waals surface area contributed by atoms with E-state index in [4.69, 9.17) is 11.6 Å². The van der Waals surface area contributed by atoms with Gasteiger partial charge in [0, 0.05) is 23.4 Å². The van der Waals surface area contributed by atoms with Gasteiger partial charge in [0.25, 0.3) is 0 Å². The molecule has 1 aliphatic carbocycles. The first-order chi connectivity index (χ1) is 12.4. The standard InChI is InChI=1S/C22H23ClO3/c1-15(12-22(25)26-3)4-11-21-16(2)13-20(24)14-18(21)8-5-17-6-9-19(23)10-7-17/h4-12,14,16,21H,13H2,1-3H3/b8-5+,11-4+,15-12+. The normalized spacial score (nSPS) is 21.3. The summed E-state index contributed by atoms with van der Waals surface area (Å²) < 4.78 is 4.64. The highest BCUT2D eigenvalue weighted by atomic mass is 35.5. The van der Waals surface area contributed by atoms with Crippen molar-refractivity contribution in [1.29, 1.82) is 0 Å². The van der Waals surface area contributed by atoms with E-state index in [9.17, 15) is 9.59 Å². The van der Waals surface area contributed by atoms with E-state index < -0.39 is 0 Å². The molecule has 1 aliphatic rings. The highest BCUT2D eigenvalue weighted by Crippen LogP contribution is 2.31. The fraction of sp³-hybridized carbons (Fsp3) is 0.273. The van der Waals surface area contributed by atoms with Crippen LogP contribution in [0.3, 0.4) is 0 Å². The second-order valence-corrected chi connectivity index (χ2v) is 6.91. The third kappa shape index (κ3) is 5.85. The number of rotatable bonds is 5. The highest BCUT2D eigenvalue weighted by Gasteiger charge is 2.24. The monoisotopic (exact) mass is 370 g/mol. The number of benzene rings is 1. The topological polar surface area (TPSA) is 43.4 Å². The molecule has 26 heavy (non-hydrogen) atoms. The van der Waals surface area contributed by atoms with E-state index in [2.05, 4.69) is 11.7 Å². The Morgan fingerprint density at radius 1 is 1.23 bits per heavy atom. The molecule has 0 heterocycles. The second-order valence-electron chi connectivity index (χ2n) is 6.47. The summed E-state index contributed by atoms with van der Waals surface area (Å²) in [5, 5.41) is 0.691. The molecule has 2 atom stereocenters. The zero-order chi connectivity index (χ0) is 19.1. The predicted molar refractivity (Wildman–Crippen MR) is 106 cm³/mol. The van der Waals surface area contributed by atoms with Crippen LogP contribution in [0.5, 0.6) is 0 Å². The van der Waals surface area contributed by atoms with Crippen molar-refractivity contribution in [1.82, 2.24) is 0 Å². The third-order valence-corrected chi connectivity index (χ3v) is 4.55. The van der Waals surface area contributed by atoms with Gasteiger partial charge >= 0.3 is 5.97 Å². The lowest BCUT2D eigenvalue weighted by Crippen LogP contribution is -2.20. The van der Waals surface area contributed by atoms with Crippen LogP contribution in [0.1, 0.15) is 25.8 Å². The van der Waals surface area contributed by atoms with Crippen molar-refractivity contribution in [2.45, 2.75) is 20.3 Å². The molecule has 2 rings (SSSR count). The Hall–Kier alpha value is -2.39. The fourth-order valence-corrected chi connectivity index (χ4v) is 3.01. The molecule has 0 amide bonds. The van der Waals surface area contributed by atoms with Crippen LogP contribution in [0.25, 0.3) is 6.08 Å². The first-order valence-corrected chi connectivity index (χ1v) is 8.89. The summed E-state index contributed by atoms with van der Waals surface area (Å²) in [6.45, 7) is 3.91. The Labute approximate surface area is 159 Å². The number of esters is 1. The van der Waals surface area contributed by atoms with E-state index in [0.29, 0.717) is 11.4 Å². The molecular weight excluding hydrogens is 348 g/mol. The molecule has 2 unspecified atom stereocenters. The van der Waals surface area contributed by atoms with E-state index >= 15 is 0 Å². The van der Waals surface area contributed by atoms with Gasteiger partial charge in [0.05, 0.1) is 7.11 Å². The van der Waals surface area contributed by atoms with Crippen LogP contribution >= 0.6 is 11.6 Å². The summed E-state index contributed by atoms with van der Waals surface area (Å²) in [6, 6.07) is 7.54. The highest BCUT2D eigenvalue weighted by molar-refractivity contribution is 6.30. The molecule has 0 aliphatic heterocycles. The molecule has 0 N–H and O–H groups in total. The van der Waals surface area contributed by atoms with E-state index in [-0.39, 0.29) is 23.6 Å². The summed E-state index contributed by atoms with van der Waals surface area (Å²) in [4.78, 5) is 23.3. The van der Waals surface area contributed by atoms with Gasteiger partial charge in [-0.3, -0.25) is 4.79 Å². The lowest BCUT2D eigenvalue weighted by atomic mass is 9.78. The molecule has 1 aromatic rings. The summed E-state index contributed by atoms with van der Waals surface area (Å²) >= 11 is 5.91. The van der Waals surface area contributed by atoms with E-state index in [1.807, 2.05) is 55.5 Å². The van der Waals surface area contributed by atoms with Crippen LogP contribution in [-0.4, -0.2) is 18.9 Å². The molecule has 0 spiro atoms. The molecule has 0 bridgehead atoms. The zero-order valence-electron chi connectivity index (χ0n) is 15.2. The fourth-order valence-electron chi connectivity index (χ4n) is 2.89. The van der Waals surface area contributed by atoms with Gasteiger partial charge in [0.1, 0.15) is 0 Å². The van der Waals surface area contributed by atoms with Gasteiger partial charge in [-0.1, -0.05) is 55.0 Å². The van der Waals surface area contributed by atoms with Crippen molar-refractivity contribution in [2.75, 3.05) is 7.11 Å². The molecule has 0 saturated heterocycles. The first-order valence-electron chi connectivity index (χ1n) is 8.51. The van der Waals surface area contributed by atoms with Crippen LogP contribution < -0.4 is 0 Å². The minimum atomic E-state index is -0.377. The molecular formula is C22H23ClO3. The van der Waals surface area contributed by atoms with Crippen molar-refractivity contribution < 1.29 is 14.3 Å². The average molecular weight is 371 g/mol. The first kappa shape index (κ1) is 19.9. The van der Waals surface area contributed by atoms with Crippen molar-refractivity contribution >= 4 is 29.4 Å². The predicted octanol–water partition coefficient (Wildman–Crippen LogP) is 5.18. The zero-order valence-corrected chi connectivity index (χ0v) is 16.0. The molecule has 4 heteroatoms. The number of halogens is 1. The molecule has 0 aromatic heterocycles. The van der Waals surface area contributed by atoms with Crippen molar-refractivity contribution in [3.05, 3.63) is 76.4 Å². The Morgan fingerprint density at radius 2 is 1.92 bits per heavy atom. The number of carbonyl (C=O) groups is 2. The van der Waals surface area contributed by atoms with Crippen molar-refractivity contribution in [3.8, 4) is 0 Å². The average Bonchev–Trinajstić information content (AvgIpc) is 2.60. The van der Waals surface area contributed by atoms with Crippen LogP contribution in [0.4, 0.5) is 0 Å². The van der Waals surface area contributed by atoms with Crippen LogP contribution in [-0.2, 0) is 14.3 Å². The maximum Gasteiger partial charge on any atom is 0.330 e. The van der Waals surface area contributed by atoms with Crippen LogP contribution in [0.15, 0.2) is 65.8 Å². The number of carbonyl (C=O) groups excluding carboxylic acids is 2. The van der Waals surface area contributed by atoms with Gasteiger partial charge < -0.3 is 4.74 Å². The summed E-state index contributed by atoms with van der Waals surface area (Å²) in [6.07, 6.45) is 11.6. The molecule has 0 saturated carbocycles. The second kappa shape index (κ2) is 9.35. The van der Waals surface area contributed by atoms with Gasteiger partial charge in [-0.15, -0.1) is 0 Å². The molecule has 1 aromatic carbocycles. The SMILES string of the molecule is COC(=O)/C=C(C)/C=C/C1C(/C=C/c2ccc(Cl)cc2)=CC(=O)CC1C. The maximum absolute atomic E-state index is 12.0. The van der Waals surface area contributed by atoms with E-state index in [1.165, 1.54) is 13.2 Å². The van der Waals surface area contributed by atoms with E-state index in [0.717, 1.165) is 16.7 Å². The van der Waals surface area contributed by atoms with Gasteiger partial charge in [0.2, 0.25) is 0 Å². The summed E-state index contributed by atoms with van der Waals surface area (Å²) in [5.74, 6) is 0.0638. The third-order valence-electron chi connectivity index (χ3n) is 4.30.